The van der Waals surface area contributed by atoms with Gasteiger partial charge in [-0.25, -0.2) is 9.18 Å². The van der Waals surface area contributed by atoms with Gasteiger partial charge in [0.2, 0.25) is 12.1 Å². The molecule has 0 saturated carbocycles. The maximum atomic E-state index is 16.0. The van der Waals surface area contributed by atoms with Crippen LogP contribution in [0.25, 0.3) is 0 Å². The van der Waals surface area contributed by atoms with Gasteiger partial charge in [-0.3, -0.25) is 28.8 Å². The van der Waals surface area contributed by atoms with Crippen LogP contribution in [0, 0.1) is 0 Å². The van der Waals surface area contributed by atoms with Gasteiger partial charge < -0.3 is 38.5 Å². The normalized spacial score (nSPS) is 26.0. The predicted molar refractivity (Wildman–Crippen MR) is 117 cm³/mol. The van der Waals surface area contributed by atoms with Gasteiger partial charge in [0, 0.05) is 41.5 Å². The summed E-state index contributed by atoms with van der Waals surface area (Å²) in [4.78, 5) is 84.0. The SMILES string of the molecule is COC(=O)C1(OC(C)=O)OC(C(OC(C)=O)[C@@H](COC(C)=O)OC(C)=O)[C@H](NC(C)=O)[C@@H](OC(C)=O)[C@H]1F. The van der Waals surface area contributed by atoms with Gasteiger partial charge >= 0.3 is 41.6 Å². The molecule has 38 heavy (non-hydrogen) atoms. The molecule has 0 bridgehead atoms. The summed E-state index contributed by atoms with van der Waals surface area (Å²) in [6.45, 7) is 4.89. The Morgan fingerprint density at radius 2 is 1.45 bits per heavy atom. The van der Waals surface area contributed by atoms with Gasteiger partial charge in [-0.05, 0) is 0 Å². The molecule has 0 aromatic heterocycles. The molecule has 1 rings (SSSR count). The van der Waals surface area contributed by atoms with Gasteiger partial charge in [-0.15, -0.1) is 0 Å². The summed E-state index contributed by atoms with van der Waals surface area (Å²) >= 11 is 0. The average molecular weight is 551 g/mol. The fraction of sp³-hybridized carbons (Fsp3) is 0.682. The summed E-state index contributed by atoms with van der Waals surface area (Å²) in [7, 11) is 0.811. The van der Waals surface area contributed by atoms with E-state index in [-0.39, 0.29) is 0 Å². The van der Waals surface area contributed by atoms with Crippen molar-refractivity contribution in [1.29, 1.82) is 0 Å². The van der Waals surface area contributed by atoms with Gasteiger partial charge in [0.15, 0.2) is 18.3 Å². The van der Waals surface area contributed by atoms with Crippen molar-refractivity contribution in [3.05, 3.63) is 0 Å². The van der Waals surface area contributed by atoms with E-state index in [1.54, 1.807) is 0 Å². The second-order valence-corrected chi connectivity index (χ2v) is 8.06. The lowest BCUT2D eigenvalue weighted by Crippen LogP contribution is -2.74. The Balaban J connectivity index is 3.93. The quantitative estimate of drug-likeness (QED) is 0.257. The molecule has 0 aromatic rings. The number of alkyl halides is 1. The Hall–Kier alpha value is -3.82. The molecule has 16 heteroatoms. The number of hydrogen-bond donors (Lipinski definition) is 1. The van der Waals surface area contributed by atoms with Gasteiger partial charge in [0.1, 0.15) is 12.7 Å². The Labute approximate surface area is 216 Å². The third kappa shape index (κ3) is 8.36. The van der Waals surface area contributed by atoms with E-state index in [1.807, 2.05) is 0 Å². The Morgan fingerprint density at radius 1 is 0.868 bits per heavy atom. The van der Waals surface area contributed by atoms with Crippen LogP contribution in [-0.4, -0.2) is 97.9 Å². The van der Waals surface area contributed by atoms with Gasteiger partial charge in [-0.1, -0.05) is 0 Å². The number of carbonyl (C=O) groups is 7. The fourth-order valence-electron chi connectivity index (χ4n) is 3.71. The Kier molecular flexibility index (Phi) is 11.6. The number of amides is 1. The molecule has 1 N–H and O–H groups in total. The smallest absolute Gasteiger partial charge is 0.383 e. The zero-order chi connectivity index (χ0) is 29.4. The van der Waals surface area contributed by atoms with E-state index < -0.39 is 90.7 Å². The summed E-state index contributed by atoms with van der Waals surface area (Å²) in [5, 5.41) is 2.28. The molecular weight excluding hydrogens is 521 g/mol. The first-order chi connectivity index (χ1) is 17.5. The summed E-state index contributed by atoms with van der Waals surface area (Å²) in [6.07, 6.45) is -10.4. The van der Waals surface area contributed by atoms with Crippen molar-refractivity contribution in [3.8, 4) is 0 Å². The first-order valence-corrected chi connectivity index (χ1v) is 11.1. The first kappa shape index (κ1) is 32.2. The molecule has 214 valence electrons. The zero-order valence-electron chi connectivity index (χ0n) is 21.8. The lowest BCUT2D eigenvalue weighted by molar-refractivity contribution is -0.326. The molecule has 1 aliphatic heterocycles. The highest BCUT2D eigenvalue weighted by Gasteiger charge is 2.67. The molecule has 1 aliphatic rings. The second kappa shape index (κ2) is 13.6. The van der Waals surface area contributed by atoms with Crippen molar-refractivity contribution in [2.24, 2.45) is 0 Å². The molecule has 1 heterocycles. The number of rotatable bonds is 10. The minimum absolute atomic E-state index is 0.740. The predicted octanol–water partition coefficient (Wildman–Crippen LogP) is -0.981. The standard InChI is InChI=1S/C22H30FNO14/c1-9(25)24-16-18(17(35-12(4)28)15(34-11(3)27)8-33-10(2)26)38-22(21(31)32-7,37-14(6)30)20(23)19(16)36-13(5)29/h15-20H,8H2,1-7H3,(H,24,25)/t15-,16+,17?,18?,19-,20-,22?/m1/s1. The summed E-state index contributed by atoms with van der Waals surface area (Å²) in [6, 6.07) is -1.75. The second-order valence-electron chi connectivity index (χ2n) is 8.06. The first-order valence-electron chi connectivity index (χ1n) is 11.1. The van der Waals surface area contributed by atoms with Gasteiger partial charge in [0.25, 0.3) is 0 Å². The van der Waals surface area contributed by atoms with Crippen molar-refractivity contribution >= 4 is 41.7 Å². The van der Waals surface area contributed by atoms with Crippen LogP contribution in [0.3, 0.4) is 0 Å². The molecule has 1 fully saturated rings. The Bertz CT molecular complexity index is 954. The number of nitrogens with one attached hydrogen (secondary N) is 1. The highest BCUT2D eigenvalue weighted by molar-refractivity contribution is 5.83. The number of carbonyl (C=O) groups excluding carboxylic acids is 7. The third-order valence-corrected chi connectivity index (χ3v) is 4.87. The van der Waals surface area contributed by atoms with Crippen LogP contribution in [0.15, 0.2) is 0 Å². The lowest BCUT2D eigenvalue weighted by atomic mass is 9.86. The van der Waals surface area contributed by atoms with E-state index in [0.29, 0.717) is 0 Å². The number of hydrogen-bond acceptors (Lipinski definition) is 14. The van der Waals surface area contributed by atoms with E-state index in [1.165, 1.54) is 0 Å². The van der Waals surface area contributed by atoms with Crippen molar-refractivity contribution in [2.75, 3.05) is 13.7 Å². The Morgan fingerprint density at radius 3 is 1.87 bits per heavy atom. The minimum atomic E-state index is -3.25. The number of methoxy groups -OCH3 is 1. The number of ether oxygens (including phenoxy) is 7. The maximum absolute atomic E-state index is 16.0. The molecule has 0 aliphatic carbocycles. The van der Waals surface area contributed by atoms with E-state index in [2.05, 4.69) is 10.1 Å². The van der Waals surface area contributed by atoms with Crippen LogP contribution in [0.5, 0.6) is 0 Å². The molecule has 15 nitrogen and oxygen atoms in total. The van der Waals surface area contributed by atoms with Crippen LogP contribution in [0.4, 0.5) is 4.39 Å². The van der Waals surface area contributed by atoms with Crippen molar-refractivity contribution < 1.29 is 71.1 Å². The summed E-state index contributed by atoms with van der Waals surface area (Å²) in [5.74, 6) is -10.8. The summed E-state index contributed by atoms with van der Waals surface area (Å²) in [5.41, 5.74) is 0. The monoisotopic (exact) mass is 551 g/mol. The zero-order valence-corrected chi connectivity index (χ0v) is 21.8. The highest BCUT2D eigenvalue weighted by Crippen LogP contribution is 2.39. The minimum Gasteiger partial charge on any atom is -0.464 e. The van der Waals surface area contributed by atoms with Crippen molar-refractivity contribution in [1.82, 2.24) is 5.32 Å². The molecular formula is C22H30FNO14. The fourth-order valence-corrected chi connectivity index (χ4v) is 3.71. The molecule has 0 spiro atoms. The lowest BCUT2D eigenvalue weighted by Gasteiger charge is -2.49. The topological polar surface area (TPSA) is 196 Å². The van der Waals surface area contributed by atoms with E-state index in [0.717, 1.165) is 48.7 Å². The summed E-state index contributed by atoms with van der Waals surface area (Å²) < 4.78 is 51.4. The van der Waals surface area contributed by atoms with Crippen LogP contribution in [0.1, 0.15) is 41.5 Å². The molecule has 0 radical (unpaired) electrons. The molecule has 0 aromatic carbocycles. The number of halogens is 1. The highest BCUT2D eigenvalue weighted by atomic mass is 19.1. The molecule has 1 saturated heterocycles. The van der Waals surface area contributed by atoms with Gasteiger partial charge in [0.05, 0.1) is 13.2 Å². The van der Waals surface area contributed by atoms with Crippen LogP contribution in [0.2, 0.25) is 0 Å². The van der Waals surface area contributed by atoms with Gasteiger partial charge in [-0.2, -0.15) is 0 Å². The number of esters is 6. The average Bonchev–Trinajstić information content (AvgIpc) is 2.77. The van der Waals surface area contributed by atoms with Crippen LogP contribution < -0.4 is 5.32 Å². The van der Waals surface area contributed by atoms with E-state index in [4.69, 9.17) is 28.4 Å². The molecule has 1 amide bonds. The third-order valence-electron chi connectivity index (χ3n) is 4.87. The molecule has 3 unspecified atom stereocenters. The van der Waals surface area contributed by atoms with Crippen LogP contribution in [-0.2, 0) is 66.7 Å². The molecule has 7 atom stereocenters. The largest absolute Gasteiger partial charge is 0.464 e. The van der Waals surface area contributed by atoms with Crippen molar-refractivity contribution in [2.45, 2.75) is 84.0 Å². The van der Waals surface area contributed by atoms with Crippen molar-refractivity contribution in [3.63, 3.8) is 0 Å². The van der Waals surface area contributed by atoms with E-state index >= 15 is 4.39 Å². The maximum Gasteiger partial charge on any atom is 0.383 e. The van der Waals surface area contributed by atoms with Crippen LogP contribution >= 0.6 is 0 Å². The van der Waals surface area contributed by atoms with E-state index in [9.17, 15) is 33.6 Å².